The molecule has 1 saturated heterocycles. The maximum atomic E-state index is 13.0. The fourth-order valence-corrected chi connectivity index (χ4v) is 5.08. The van der Waals surface area contributed by atoms with Crippen molar-refractivity contribution >= 4 is 25.3 Å². The average Bonchev–Trinajstić information content (AvgIpc) is 3.48. The molecule has 9 N–H and O–H groups in total. The van der Waals surface area contributed by atoms with Gasteiger partial charge in [-0.2, -0.15) is 0 Å². The zero-order valence-corrected chi connectivity index (χ0v) is 21.1. The van der Waals surface area contributed by atoms with Gasteiger partial charge in [-0.25, -0.2) is 14.2 Å². The molecule has 0 bridgehead atoms. The highest BCUT2D eigenvalue weighted by Crippen LogP contribution is 2.55. The number of aliphatic hydroxyl groups is 2. The van der Waals surface area contributed by atoms with Crippen LogP contribution in [0.15, 0.2) is 24.5 Å². The van der Waals surface area contributed by atoms with E-state index in [1.807, 2.05) is 0 Å². The van der Waals surface area contributed by atoms with Gasteiger partial charge in [-0.1, -0.05) is 6.42 Å². The summed E-state index contributed by atoms with van der Waals surface area (Å²) in [6.45, 7) is -0.0758. The summed E-state index contributed by atoms with van der Waals surface area (Å²) in [7, 11) is -4.11. The zero-order valence-electron chi connectivity index (χ0n) is 20.2. The lowest BCUT2D eigenvalue weighted by Gasteiger charge is -2.26. The van der Waals surface area contributed by atoms with Crippen LogP contribution in [-0.2, 0) is 29.8 Å². The van der Waals surface area contributed by atoms with Crippen LogP contribution in [0.25, 0.3) is 0 Å². The largest absolute Gasteiger partial charge is 0.530 e. The molecule has 1 aromatic heterocycles. The van der Waals surface area contributed by atoms with E-state index in [-0.39, 0.29) is 24.1 Å². The van der Waals surface area contributed by atoms with E-state index >= 15 is 0 Å². The van der Waals surface area contributed by atoms with Crippen molar-refractivity contribution in [2.75, 3.05) is 18.5 Å². The Balaban J connectivity index is 1.32. The third kappa shape index (κ3) is 6.36. The number of nitrogens with zero attached hydrogens (tertiary/aromatic N) is 3. The van der Waals surface area contributed by atoms with Crippen molar-refractivity contribution in [3.63, 3.8) is 0 Å². The molecule has 0 spiro atoms. The van der Waals surface area contributed by atoms with Crippen molar-refractivity contribution in [3.05, 3.63) is 35.9 Å². The van der Waals surface area contributed by atoms with Gasteiger partial charge in [0.15, 0.2) is 6.23 Å². The van der Waals surface area contributed by atoms with E-state index in [4.69, 9.17) is 35.5 Å². The number of hydrogen-bond donors (Lipinski definition) is 6. The van der Waals surface area contributed by atoms with Crippen LogP contribution in [0, 0.1) is 0 Å². The summed E-state index contributed by atoms with van der Waals surface area (Å²) in [6, 6.07) is 3.99. The maximum absolute atomic E-state index is 13.0. The number of hydrogen-bond acceptors (Lipinski definition) is 13. The number of anilines is 1. The number of amides is 2. The lowest BCUT2D eigenvalue weighted by atomic mass is 10.1. The first-order valence-corrected chi connectivity index (χ1v) is 13.3. The fourth-order valence-electron chi connectivity index (χ4n) is 3.85. The van der Waals surface area contributed by atoms with Crippen molar-refractivity contribution < 1.29 is 42.7 Å². The molecule has 2 aliphatic rings. The molecule has 16 nitrogen and oxygen atoms in total. The Morgan fingerprint density at radius 2 is 2.08 bits per heavy atom. The first kappa shape index (κ1) is 28.1. The number of unbranched alkanes of at least 4 members (excludes halogenated alkanes) is 1. The van der Waals surface area contributed by atoms with E-state index in [0.29, 0.717) is 24.2 Å². The van der Waals surface area contributed by atoms with Crippen molar-refractivity contribution in [2.24, 2.45) is 17.2 Å². The number of benzene rings is 1. The Kier molecular flexibility index (Phi) is 8.74. The number of carbonyl (C=O) groups excluding carboxylic acids is 2. The molecular weight excluding hydrogens is 525 g/mol. The van der Waals surface area contributed by atoms with Crippen LogP contribution in [0.1, 0.15) is 41.7 Å². The van der Waals surface area contributed by atoms with Crippen LogP contribution < -0.4 is 27.0 Å². The van der Waals surface area contributed by atoms with Gasteiger partial charge in [0.05, 0.1) is 19.3 Å². The Hall–Kier alpha value is -2.95. The summed E-state index contributed by atoms with van der Waals surface area (Å²) in [6.07, 6.45) is -2.10. The minimum absolute atomic E-state index is 0.146. The summed E-state index contributed by atoms with van der Waals surface area (Å²) >= 11 is 0. The van der Waals surface area contributed by atoms with E-state index in [9.17, 15) is 24.4 Å². The van der Waals surface area contributed by atoms with Crippen molar-refractivity contribution in [2.45, 2.75) is 56.5 Å². The molecule has 6 unspecified atom stereocenters. The highest BCUT2D eigenvalue weighted by atomic mass is 31.2. The van der Waals surface area contributed by atoms with E-state index in [2.05, 4.69) is 15.4 Å². The lowest BCUT2D eigenvalue weighted by Crippen LogP contribution is -2.35. The number of fused-ring (bicyclic) bond motifs is 1. The number of phosphoric acid groups is 1. The molecule has 208 valence electrons. The van der Waals surface area contributed by atoms with Gasteiger partial charge >= 0.3 is 7.82 Å². The topological polar surface area (TPSA) is 249 Å². The minimum Gasteiger partial charge on any atom is -0.404 e. The number of rotatable bonds is 11. The predicted molar refractivity (Wildman–Crippen MR) is 129 cm³/mol. The smallest absolute Gasteiger partial charge is 0.404 e. The molecule has 6 atom stereocenters. The normalized spacial score (nSPS) is 27.4. The van der Waals surface area contributed by atoms with E-state index < -0.39 is 50.9 Å². The fraction of sp³-hybridized carbons (Fsp3) is 0.524. The van der Waals surface area contributed by atoms with Gasteiger partial charge < -0.3 is 42.0 Å². The molecule has 1 fully saturated rings. The Labute approximate surface area is 217 Å². The summed E-state index contributed by atoms with van der Waals surface area (Å²) in [5, 5.41) is 27.2. The summed E-state index contributed by atoms with van der Waals surface area (Å²) < 4.78 is 35.7. The average molecular weight is 555 g/mol. The maximum Gasteiger partial charge on any atom is 0.530 e. The Morgan fingerprint density at radius 3 is 2.79 bits per heavy atom. The number of nitrogens with two attached hydrogens (primary N) is 3. The molecule has 2 aromatic rings. The van der Waals surface area contributed by atoms with Crippen LogP contribution in [0.3, 0.4) is 0 Å². The third-order valence-corrected chi connectivity index (χ3v) is 7.28. The predicted octanol–water partition coefficient (Wildman–Crippen LogP) is -0.875. The number of ether oxygens (including phenoxy) is 1. The van der Waals surface area contributed by atoms with Crippen molar-refractivity contribution in [1.29, 1.82) is 0 Å². The molecular formula is C21H30N7O9P. The number of carbonyl (C=O) groups is 2. The molecule has 0 aliphatic carbocycles. The van der Waals surface area contributed by atoms with Gasteiger partial charge in [0.25, 0.3) is 5.91 Å². The first-order valence-electron chi connectivity index (χ1n) is 11.8. The summed E-state index contributed by atoms with van der Waals surface area (Å²) in [5.74, 6) is -1.30. The van der Waals surface area contributed by atoms with Crippen LogP contribution >= 0.6 is 7.82 Å². The second kappa shape index (κ2) is 11.8. The minimum atomic E-state index is -4.11. The highest BCUT2D eigenvalue weighted by molar-refractivity contribution is 7.49. The van der Waals surface area contributed by atoms with E-state index in [1.54, 1.807) is 12.1 Å². The molecule has 2 amide bonds. The van der Waals surface area contributed by atoms with Gasteiger partial charge in [-0.05, 0) is 37.6 Å². The Bertz CT molecular complexity index is 1210. The van der Waals surface area contributed by atoms with Crippen molar-refractivity contribution in [1.82, 2.24) is 14.8 Å². The van der Waals surface area contributed by atoms with Crippen molar-refractivity contribution in [3.8, 4) is 5.75 Å². The monoisotopic (exact) mass is 555 g/mol. The third-order valence-electron chi connectivity index (χ3n) is 5.95. The lowest BCUT2D eigenvalue weighted by molar-refractivity contribution is -0.117. The molecule has 17 heteroatoms. The second-order valence-electron chi connectivity index (χ2n) is 8.77. The molecule has 0 saturated carbocycles. The standard InChI is InChI=1S/C21H30N7O9P/c22-6-2-1-3-13(23)20(32)26-12-4-5-14-11(7-12)8-34-38(33,37-14)35-9-15-16(29)17(30)21(36-15)28-10-25-19(27-28)18(24)31/h4-5,7,10,13,15-17,21,29-30H,1-3,6,8-9,22-23H2,(H2,24,31)(H,26,32). The molecule has 3 heterocycles. The van der Waals surface area contributed by atoms with E-state index in [0.717, 1.165) is 23.9 Å². The Morgan fingerprint density at radius 1 is 1.29 bits per heavy atom. The summed E-state index contributed by atoms with van der Waals surface area (Å²) in [5.41, 5.74) is 17.5. The highest BCUT2D eigenvalue weighted by Gasteiger charge is 2.46. The zero-order chi connectivity index (χ0) is 27.4. The molecule has 4 rings (SSSR count). The van der Waals surface area contributed by atoms with Gasteiger partial charge in [0.2, 0.25) is 11.7 Å². The van der Waals surface area contributed by atoms with Gasteiger partial charge in [-0.3, -0.25) is 18.6 Å². The second-order valence-corrected chi connectivity index (χ2v) is 10.4. The van der Waals surface area contributed by atoms with Crippen LogP contribution in [-0.4, -0.2) is 74.3 Å². The molecule has 0 radical (unpaired) electrons. The van der Waals surface area contributed by atoms with E-state index in [1.165, 1.54) is 6.07 Å². The van der Waals surface area contributed by atoms with Gasteiger partial charge in [0, 0.05) is 11.3 Å². The number of aliphatic hydroxyl groups excluding tert-OH is 2. The SMILES string of the molecule is NCCCCC(N)C(=O)Nc1ccc2c(c1)COP(=O)(OCC1OC(n3cnc(C(N)=O)n3)C(O)C1O)O2. The van der Waals surface area contributed by atoms with Gasteiger partial charge in [0.1, 0.15) is 30.4 Å². The number of primary amides is 1. The quantitative estimate of drug-likeness (QED) is 0.146. The molecule has 38 heavy (non-hydrogen) atoms. The van der Waals surface area contributed by atoms with Crippen LogP contribution in [0.4, 0.5) is 5.69 Å². The van der Waals surface area contributed by atoms with Gasteiger partial charge in [-0.15, -0.1) is 5.10 Å². The molecule has 2 aliphatic heterocycles. The van der Waals surface area contributed by atoms with Crippen LogP contribution in [0.5, 0.6) is 5.75 Å². The molecule has 1 aromatic carbocycles. The number of phosphoric ester groups is 1. The first-order chi connectivity index (χ1) is 18.1. The number of nitrogens with one attached hydrogen (secondary N) is 1. The number of aromatic nitrogens is 3. The van der Waals surface area contributed by atoms with Crippen LogP contribution in [0.2, 0.25) is 0 Å². The summed E-state index contributed by atoms with van der Waals surface area (Å²) in [4.78, 5) is 27.2.